The van der Waals surface area contributed by atoms with Crippen molar-refractivity contribution < 1.29 is 9.84 Å². The number of fused-ring (bicyclic) bond motifs is 1. The van der Waals surface area contributed by atoms with Crippen LogP contribution < -0.4 is 10.5 Å². The molecule has 146 valence electrons. The number of nitrogens with zero attached hydrogens (tertiary/aromatic N) is 3. The highest BCUT2D eigenvalue weighted by molar-refractivity contribution is 6.00. The number of nitrogen functional groups attached to an aromatic ring is 1. The molecule has 0 atom stereocenters. The Morgan fingerprint density at radius 2 is 1.62 bits per heavy atom. The molecule has 5 rings (SSSR count). The van der Waals surface area contributed by atoms with Crippen LogP contribution in [0.15, 0.2) is 67.1 Å². The Morgan fingerprint density at radius 3 is 2.34 bits per heavy atom. The van der Waals surface area contributed by atoms with E-state index in [4.69, 9.17) is 10.5 Å². The van der Waals surface area contributed by atoms with Crippen LogP contribution in [0.4, 0.5) is 5.82 Å². The highest BCUT2D eigenvalue weighted by Crippen LogP contribution is 2.41. The molecule has 2 aromatic heterocycles. The topological polar surface area (TPSA) is 86.2 Å². The third kappa shape index (κ3) is 3.11. The van der Waals surface area contributed by atoms with Crippen LogP contribution in [0.5, 0.6) is 11.5 Å². The summed E-state index contributed by atoms with van der Waals surface area (Å²) in [5.41, 5.74) is 7.83. The van der Waals surface area contributed by atoms with E-state index in [2.05, 4.69) is 9.97 Å². The van der Waals surface area contributed by atoms with Gasteiger partial charge in [0.2, 0.25) is 0 Å². The normalized spacial score (nSPS) is 15.6. The summed E-state index contributed by atoms with van der Waals surface area (Å²) < 4.78 is 7.76. The summed E-state index contributed by atoms with van der Waals surface area (Å²) in [7, 11) is 0. The monoisotopic (exact) mass is 386 g/mol. The van der Waals surface area contributed by atoms with E-state index in [0.29, 0.717) is 24.3 Å². The third-order valence-electron chi connectivity index (χ3n) is 5.61. The molecular weight excluding hydrogens is 364 g/mol. The molecule has 0 saturated heterocycles. The van der Waals surface area contributed by atoms with Gasteiger partial charge < -0.3 is 20.1 Å². The van der Waals surface area contributed by atoms with E-state index in [-0.39, 0.29) is 0 Å². The summed E-state index contributed by atoms with van der Waals surface area (Å²) >= 11 is 0. The molecule has 0 spiro atoms. The van der Waals surface area contributed by atoms with Gasteiger partial charge in [0.1, 0.15) is 35.0 Å². The van der Waals surface area contributed by atoms with Crippen LogP contribution in [0.25, 0.3) is 22.2 Å². The van der Waals surface area contributed by atoms with Crippen molar-refractivity contribution in [3.8, 4) is 22.6 Å². The fourth-order valence-corrected chi connectivity index (χ4v) is 4.13. The van der Waals surface area contributed by atoms with Gasteiger partial charge in [-0.2, -0.15) is 0 Å². The van der Waals surface area contributed by atoms with Crippen molar-refractivity contribution in [1.29, 1.82) is 0 Å². The maximum absolute atomic E-state index is 11.2. The molecule has 0 amide bonds. The average molecular weight is 386 g/mol. The second-order valence-electron chi connectivity index (χ2n) is 7.50. The Kier molecular flexibility index (Phi) is 4.21. The fourth-order valence-electron chi connectivity index (χ4n) is 4.13. The van der Waals surface area contributed by atoms with Gasteiger partial charge in [0, 0.05) is 11.8 Å². The highest BCUT2D eigenvalue weighted by Gasteiger charge is 2.35. The minimum atomic E-state index is -0.923. The molecule has 2 aromatic carbocycles. The zero-order chi connectivity index (χ0) is 19.8. The van der Waals surface area contributed by atoms with Crippen molar-refractivity contribution in [3.05, 3.63) is 67.1 Å². The minimum absolute atomic E-state index is 0.412. The number of rotatable bonds is 4. The third-order valence-corrected chi connectivity index (χ3v) is 5.61. The molecule has 2 heterocycles. The summed E-state index contributed by atoms with van der Waals surface area (Å²) in [6, 6.07) is 17.5. The van der Waals surface area contributed by atoms with Crippen LogP contribution in [-0.2, 0) is 5.72 Å². The van der Waals surface area contributed by atoms with E-state index in [9.17, 15) is 5.11 Å². The second-order valence-corrected chi connectivity index (χ2v) is 7.50. The van der Waals surface area contributed by atoms with Gasteiger partial charge in [-0.05, 0) is 55.5 Å². The molecule has 29 heavy (non-hydrogen) atoms. The first-order valence-electron chi connectivity index (χ1n) is 9.82. The van der Waals surface area contributed by atoms with E-state index in [0.717, 1.165) is 40.9 Å². The maximum Gasteiger partial charge on any atom is 0.148 e. The summed E-state index contributed by atoms with van der Waals surface area (Å²) in [6.45, 7) is 0. The number of ether oxygens (including phenoxy) is 1. The van der Waals surface area contributed by atoms with Gasteiger partial charge in [-0.25, -0.2) is 9.97 Å². The Labute approximate surface area is 168 Å². The Morgan fingerprint density at radius 1 is 0.931 bits per heavy atom. The Hall–Kier alpha value is -3.38. The van der Waals surface area contributed by atoms with Gasteiger partial charge in [0.25, 0.3) is 0 Å². The lowest BCUT2D eigenvalue weighted by Crippen LogP contribution is -2.29. The molecule has 0 bridgehead atoms. The Balaban J connectivity index is 1.56. The molecule has 3 N–H and O–H groups in total. The molecule has 1 fully saturated rings. The van der Waals surface area contributed by atoms with Crippen molar-refractivity contribution in [2.45, 2.75) is 31.4 Å². The number of para-hydroxylation sites is 1. The van der Waals surface area contributed by atoms with E-state index < -0.39 is 5.72 Å². The van der Waals surface area contributed by atoms with Gasteiger partial charge in [-0.3, -0.25) is 0 Å². The number of benzene rings is 2. The number of nitrogens with two attached hydrogens (primary N) is 1. The van der Waals surface area contributed by atoms with Gasteiger partial charge in [0.15, 0.2) is 0 Å². The van der Waals surface area contributed by atoms with Crippen molar-refractivity contribution in [2.75, 3.05) is 5.73 Å². The van der Waals surface area contributed by atoms with Crippen LogP contribution in [0.3, 0.4) is 0 Å². The van der Waals surface area contributed by atoms with Crippen LogP contribution in [0, 0.1) is 0 Å². The molecular formula is C23H22N4O2. The predicted molar refractivity (Wildman–Crippen MR) is 113 cm³/mol. The smallest absolute Gasteiger partial charge is 0.148 e. The van der Waals surface area contributed by atoms with Gasteiger partial charge in [-0.15, -0.1) is 0 Å². The second kappa shape index (κ2) is 6.90. The highest BCUT2D eigenvalue weighted by atomic mass is 16.5. The van der Waals surface area contributed by atoms with Gasteiger partial charge in [-0.1, -0.05) is 30.3 Å². The van der Waals surface area contributed by atoms with Crippen LogP contribution in [-0.4, -0.2) is 19.6 Å². The summed E-state index contributed by atoms with van der Waals surface area (Å²) in [5, 5.41) is 11.9. The standard InChI is InChI=1S/C23H22N4O2/c24-21-20-19(14-27(22(20)26-15-25-21)23(28)12-4-5-13-23)16-8-10-18(11-9-16)29-17-6-2-1-3-7-17/h1-3,6-11,14-15,28H,4-5,12-13H2,(H2,24,25,26). The molecule has 1 aliphatic rings. The molecule has 0 aliphatic heterocycles. The lowest BCUT2D eigenvalue weighted by atomic mass is 10.1. The van der Waals surface area contributed by atoms with Crippen molar-refractivity contribution in [2.24, 2.45) is 0 Å². The number of aliphatic hydroxyl groups is 1. The predicted octanol–water partition coefficient (Wildman–Crippen LogP) is 4.69. The first kappa shape index (κ1) is 17.7. The molecule has 0 radical (unpaired) electrons. The number of aromatic nitrogens is 3. The zero-order valence-electron chi connectivity index (χ0n) is 16.0. The minimum Gasteiger partial charge on any atom is -0.457 e. The molecule has 1 aliphatic carbocycles. The van der Waals surface area contributed by atoms with E-state index in [1.807, 2.05) is 65.4 Å². The molecule has 4 aromatic rings. The molecule has 6 nitrogen and oxygen atoms in total. The maximum atomic E-state index is 11.2. The fraction of sp³-hybridized carbons (Fsp3) is 0.217. The summed E-state index contributed by atoms with van der Waals surface area (Å²) in [6.07, 6.45) is 6.82. The van der Waals surface area contributed by atoms with Crippen molar-refractivity contribution >= 4 is 16.9 Å². The van der Waals surface area contributed by atoms with E-state index in [1.54, 1.807) is 0 Å². The molecule has 1 saturated carbocycles. The van der Waals surface area contributed by atoms with Crippen molar-refractivity contribution in [3.63, 3.8) is 0 Å². The first-order chi connectivity index (χ1) is 14.1. The first-order valence-corrected chi connectivity index (χ1v) is 9.82. The quantitative estimate of drug-likeness (QED) is 0.531. The van der Waals surface area contributed by atoms with E-state index >= 15 is 0 Å². The van der Waals surface area contributed by atoms with Crippen molar-refractivity contribution in [1.82, 2.24) is 14.5 Å². The number of hydrogen-bond acceptors (Lipinski definition) is 5. The Bertz CT molecular complexity index is 1150. The molecule has 0 unspecified atom stereocenters. The van der Waals surface area contributed by atoms with Crippen LogP contribution in [0.2, 0.25) is 0 Å². The summed E-state index contributed by atoms with van der Waals surface area (Å²) in [4.78, 5) is 8.62. The van der Waals surface area contributed by atoms with E-state index in [1.165, 1.54) is 6.33 Å². The lowest BCUT2D eigenvalue weighted by molar-refractivity contribution is -0.0266. The van der Waals surface area contributed by atoms with Crippen LogP contribution >= 0.6 is 0 Å². The average Bonchev–Trinajstić information content (AvgIpc) is 3.35. The van der Waals surface area contributed by atoms with Gasteiger partial charge in [0.05, 0.1) is 5.39 Å². The lowest BCUT2D eigenvalue weighted by Gasteiger charge is -2.24. The molecule has 6 heteroatoms. The summed E-state index contributed by atoms with van der Waals surface area (Å²) in [5.74, 6) is 1.95. The van der Waals surface area contributed by atoms with Crippen LogP contribution in [0.1, 0.15) is 25.7 Å². The number of hydrogen-bond donors (Lipinski definition) is 2. The SMILES string of the molecule is Nc1ncnc2c1c(-c1ccc(Oc3ccccc3)cc1)cn2C1(O)CCCC1. The zero-order valence-corrected chi connectivity index (χ0v) is 16.0. The number of anilines is 1. The largest absolute Gasteiger partial charge is 0.457 e. The van der Waals surface area contributed by atoms with Gasteiger partial charge >= 0.3 is 0 Å².